The fourth-order valence-electron chi connectivity index (χ4n) is 1.28. The molecule has 14 heavy (non-hydrogen) atoms. The number of nitrogens with one attached hydrogen (secondary N) is 1. The molecule has 0 aliphatic rings. The fourth-order valence-corrected chi connectivity index (χ4v) is 1.28. The SMILES string of the molecule is CCCC(OCC)c1n[nH]c(CO)n1. The van der Waals surface area contributed by atoms with Crippen LogP contribution in [0.1, 0.15) is 44.4 Å². The topological polar surface area (TPSA) is 71.0 Å². The number of hydrogen-bond donors (Lipinski definition) is 2. The molecule has 0 aliphatic carbocycles. The molecule has 0 radical (unpaired) electrons. The monoisotopic (exact) mass is 199 g/mol. The van der Waals surface area contributed by atoms with Crippen molar-refractivity contribution < 1.29 is 9.84 Å². The first-order valence-corrected chi connectivity index (χ1v) is 4.95. The lowest BCUT2D eigenvalue weighted by Crippen LogP contribution is -2.06. The Labute approximate surface area is 83.5 Å². The lowest BCUT2D eigenvalue weighted by atomic mass is 10.2. The molecule has 0 bridgehead atoms. The van der Waals surface area contributed by atoms with Crippen molar-refractivity contribution in [2.75, 3.05) is 6.61 Å². The van der Waals surface area contributed by atoms with Crippen molar-refractivity contribution >= 4 is 0 Å². The standard InChI is InChI=1S/C9H17N3O2/c1-3-5-7(14-4-2)9-10-8(6-13)11-12-9/h7,13H,3-6H2,1-2H3,(H,10,11,12). The van der Waals surface area contributed by atoms with Gasteiger partial charge in [-0.1, -0.05) is 13.3 Å². The van der Waals surface area contributed by atoms with Crippen molar-refractivity contribution in [3.8, 4) is 0 Å². The zero-order valence-corrected chi connectivity index (χ0v) is 8.66. The Balaban J connectivity index is 2.65. The van der Waals surface area contributed by atoms with Crippen LogP contribution in [-0.4, -0.2) is 26.9 Å². The summed E-state index contributed by atoms with van der Waals surface area (Å²) in [5.74, 6) is 1.12. The van der Waals surface area contributed by atoms with E-state index in [0.717, 1.165) is 12.8 Å². The highest BCUT2D eigenvalue weighted by molar-refractivity contribution is 4.93. The summed E-state index contributed by atoms with van der Waals surface area (Å²) in [4.78, 5) is 4.12. The van der Waals surface area contributed by atoms with Gasteiger partial charge in [-0.15, -0.1) is 0 Å². The molecule has 80 valence electrons. The molecule has 0 amide bonds. The van der Waals surface area contributed by atoms with Crippen molar-refractivity contribution in [2.45, 2.75) is 39.4 Å². The molecule has 0 fully saturated rings. The maximum absolute atomic E-state index is 8.82. The number of rotatable bonds is 6. The average molecular weight is 199 g/mol. The minimum atomic E-state index is -0.113. The van der Waals surface area contributed by atoms with Crippen LogP contribution >= 0.6 is 0 Å². The van der Waals surface area contributed by atoms with Gasteiger partial charge >= 0.3 is 0 Å². The number of aliphatic hydroxyl groups is 1. The molecule has 0 saturated heterocycles. The average Bonchev–Trinajstić information content (AvgIpc) is 2.65. The molecule has 1 aromatic rings. The van der Waals surface area contributed by atoms with Gasteiger partial charge in [-0.2, -0.15) is 5.10 Å². The van der Waals surface area contributed by atoms with Gasteiger partial charge in [-0.3, -0.25) is 5.10 Å². The van der Waals surface area contributed by atoms with E-state index in [9.17, 15) is 0 Å². The first kappa shape index (κ1) is 11.1. The maximum Gasteiger partial charge on any atom is 0.179 e. The molecule has 0 aromatic carbocycles. The summed E-state index contributed by atoms with van der Waals surface area (Å²) in [5.41, 5.74) is 0. The van der Waals surface area contributed by atoms with Gasteiger partial charge in [-0.25, -0.2) is 4.98 Å². The van der Waals surface area contributed by atoms with Crippen LogP contribution in [0.15, 0.2) is 0 Å². The lowest BCUT2D eigenvalue weighted by molar-refractivity contribution is 0.0495. The second kappa shape index (κ2) is 5.72. The summed E-state index contributed by atoms with van der Waals surface area (Å²) >= 11 is 0. The number of ether oxygens (including phenoxy) is 1. The van der Waals surface area contributed by atoms with Crippen LogP contribution in [0.2, 0.25) is 0 Å². The number of nitrogens with zero attached hydrogens (tertiary/aromatic N) is 2. The van der Waals surface area contributed by atoms with E-state index < -0.39 is 0 Å². The molecule has 1 unspecified atom stereocenters. The van der Waals surface area contributed by atoms with E-state index in [-0.39, 0.29) is 12.7 Å². The Morgan fingerprint density at radius 3 is 2.79 bits per heavy atom. The molecule has 5 nitrogen and oxygen atoms in total. The van der Waals surface area contributed by atoms with Crippen molar-refractivity contribution in [1.29, 1.82) is 0 Å². The van der Waals surface area contributed by atoms with Crippen LogP contribution < -0.4 is 0 Å². The number of hydrogen-bond acceptors (Lipinski definition) is 4. The van der Waals surface area contributed by atoms with Crippen LogP contribution in [0.3, 0.4) is 0 Å². The molecule has 0 spiro atoms. The summed E-state index contributed by atoms with van der Waals surface area (Å²) in [6.45, 7) is 4.57. The van der Waals surface area contributed by atoms with E-state index in [1.165, 1.54) is 0 Å². The zero-order chi connectivity index (χ0) is 10.4. The van der Waals surface area contributed by atoms with Crippen LogP contribution in [0.5, 0.6) is 0 Å². The molecule has 1 atom stereocenters. The van der Waals surface area contributed by atoms with Crippen LogP contribution in [0.25, 0.3) is 0 Å². The molecule has 5 heteroatoms. The first-order valence-electron chi connectivity index (χ1n) is 4.95. The number of aromatic nitrogens is 3. The van der Waals surface area contributed by atoms with Gasteiger partial charge in [0.2, 0.25) is 0 Å². The van der Waals surface area contributed by atoms with Gasteiger partial charge in [0.25, 0.3) is 0 Å². The van der Waals surface area contributed by atoms with Gasteiger partial charge in [0.05, 0.1) is 0 Å². The molecule has 2 N–H and O–H groups in total. The van der Waals surface area contributed by atoms with Gasteiger partial charge in [0, 0.05) is 6.61 Å². The molecule has 1 heterocycles. The van der Waals surface area contributed by atoms with Crippen molar-refractivity contribution in [2.24, 2.45) is 0 Å². The summed E-state index contributed by atoms with van der Waals surface area (Å²) in [6.07, 6.45) is 1.87. The minimum absolute atomic E-state index is 0.0541. The second-order valence-electron chi connectivity index (χ2n) is 3.03. The number of H-pyrrole nitrogens is 1. The van der Waals surface area contributed by atoms with Crippen LogP contribution in [-0.2, 0) is 11.3 Å². The summed E-state index contributed by atoms with van der Waals surface area (Å²) in [5, 5.41) is 15.5. The largest absolute Gasteiger partial charge is 0.388 e. The van der Waals surface area contributed by atoms with Crippen molar-refractivity contribution in [3.63, 3.8) is 0 Å². The smallest absolute Gasteiger partial charge is 0.179 e. The first-order chi connectivity index (χ1) is 6.81. The zero-order valence-electron chi connectivity index (χ0n) is 8.66. The van der Waals surface area contributed by atoms with E-state index in [1.807, 2.05) is 6.92 Å². The molecular weight excluding hydrogens is 182 g/mol. The second-order valence-corrected chi connectivity index (χ2v) is 3.03. The summed E-state index contributed by atoms with van der Waals surface area (Å²) in [6, 6.07) is 0. The summed E-state index contributed by atoms with van der Waals surface area (Å²) < 4.78 is 5.50. The minimum Gasteiger partial charge on any atom is -0.388 e. The van der Waals surface area contributed by atoms with Crippen LogP contribution in [0.4, 0.5) is 0 Å². The van der Waals surface area contributed by atoms with E-state index in [1.54, 1.807) is 0 Å². The maximum atomic E-state index is 8.82. The Morgan fingerprint density at radius 1 is 1.50 bits per heavy atom. The number of aliphatic hydroxyl groups excluding tert-OH is 1. The summed E-state index contributed by atoms with van der Waals surface area (Å²) in [7, 11) is 0. The quantitative estimate of drug-likeness (QED) is 0.721. The highest BCUT2D eigenvalue weighted by Crippen LogP contribution is 2.18. The molecule has 1 aromatic heterocycles. The van der Waals surface area contributed by atoms with Crippen molar-refractivity contribution in [3.05, 3.63) is 11.6 Å². The van der Waals surface area contributed by atoms with Gasteiger partial charge < -0.3 is 9.84 Å². The fraction of sp³-hybridized carbons (Fsp3) is 0.778. The highest BCUT2D eigenvalue weighted by Gasteiger charge is 2.15. The normalized spacial score (nSPS) is 13.1. The predicted molar refractivity (Wildman–Crippen MR) is 51.6 cm³/mol. The predicted octanol–water partition coefficient (Wildman–Crippen LogP) is 1.17. The molecular formula is C9H17N3O2. The van der Waals surface area contributed by atoms with Gasteiger partial charge in [0.1, 0.15) is 18.5 Å². The third-order valence-corrected chi connectivity index (χ3v) is 1.91. The number of aromatic amines is 1. The molecule has 0 saturated carbocycles. The van der Waals surface area contributed by atoms with E-state index in [4.69, 9.17) is 9.84 Å². The van der Waals surface area contributed by atoms with Gasteiger partial charge in [0.15, 0.2) is 5.82 Å². The highest BCUT2D eigenvalue weighted by atomic mass is 16.5. The molecule has 1 rings (SSSR count). The Bertz CT molecular complexity index is 256. The van der Waals surface area contributed by atoms with Gasteiger partial charge in [-0.05, 0) is 13.3 Å². The van der Waals surface area contributed by atoms with Crippen LogP contribution in [0, 0.1) is 0 Å². The third kappa shape index (κ3) is 2.78. The van der Waals surface area contributed by atoms with E-state index in [2.05, 4.69) is 22.1 Å². The Hall–Kier alpha value is -0.940. The van der Waals surface area contributed by atoms with E-state index >= 15 is 0 Å². The lowest BCUT2D eigenvalue weighted by Gasteiger charge is -2.11. The molecule has 0 aliphatic heterocycles. The Morgan fingerprint density at radius 2 is 2.29 bits per heavy atom. The van der Waals surface area contributed by atoms with E-state index in [0.29, 0.717) is 18.3 Å². The third-order valence-electron chi connectivity index (χ3n) is 1.91. The van der Waals surface area contributed by atoms with Crippen molar-refractivity contribution in [1.82, 2.24) is 15.2 Å². The Kier molecular flexibility index (Phi) is 4.55.